The zero-order valence-electron chi connectivity index (χ0n) is 9.59. The molecule has 0 amide bonds. The maximum Gasteiger partial charge on any atom is 0.137 e. The zero-order valence-corrected chi connectivity index (χ0v) is 11.2. The van der Waals surface area contributed by atoms with Crippen LogP contribution in [0.15, 0.2) is 22.7 Å². The van der Waals surface area contributed by atoms with E-state index in [2.05, 4.69) is 21.2 Å². The lowest BCUT2D eigenvalue weighted by Gasteiger charge is -2.12. The van der Waals surface area contributed by atoms with Crippen LogP contribution in [-0.4, -0.2) is 19.3 Å². The highest BCUT2D eigenvalue weighted by Crippen LogP contribution is 2.16. The number of benzene rings is 1. The van der Waals surface area contributed by atoms with E-state index >= 15 is 0 Å². The Bertz CT molecular complexity index is 333. The lowest BCUT2D eigenvalue weighted by Crippen LogP contribution is -2.26. The Kier molecular flexibility index (Phi) is 5.95. The van der Waals surface area contributed by atoms with Gasteiger partial charge >= 0.3 is 0 Å². The van der Waals surface area contributed by atoms with Gasteiger partial charge in [0.1, 0.15) is 5.82 Å². The van der Waals surface area contributed by atoms with Crippen molar-refractivity contribution in [2.75, 3.05) is 13.2 Å². The van der Waals surface area contributed by atoms with Crippen LogP contribution >= 0.6 is 15.9 Å². The molecule has 1 unspecified atom stereocenters. The van der Waals surface area contributed by atoms with Crippen LogP contribution in [0.25, 0.3) is 0 Å². The molecule has 4 heteroatoms. The Morgan fingerprint density at radius 1 is 1.50 bits per heavy atom. The fourth-order valence-corrected chi connectivity index (χ4v) is 1.84. The number of halogens is 2. The van der Waals surface area contributed by atoms with E-state index in [1.807, 2.05) is 13.8 Å². The summed E-state index contributed by atoms with van der Waals surface area (Å²) >= 11 is 3.16. The summed E-state index contributed by atoms with van der Waals surface area (Å²) in [5.41, 5.74) is 1.05. The van der Waals surface area contributed by atoms with Gasteiger partial charge in [-0.25, -0.2) is 4.39 Å². The van der Waals surface area contributed by atoms with Gasteiger partial charge in [-0.2, -0.15) is 0 Å². The maximum absolute atomic E-state index is 13.0. The normalized spacial score (nSPS) is 12.8. The van der Waals surface area contributed by atoms with Crippen LogP contribution < -0.4 is 5.32 Å². The molecule has 0 heterocycles. The third kappa shape index (κ3) is 4.60. The monoisotopic (exact) mass is 289 g/mol. The van der Waals surface area contributed by atoms with Gasteiger partial charge in [0.25, 0.3) is 0 Å². The first-order valence-electron chi connectivity index (χ1n) is 5.39. The molecule has 2 nitrogen and oxygen atoms in total. The SMILES string of the molecule is CCOC(C)CNCc1ccc(F)c(Br)c1. The second kappa shape index (κ2) is 6.99. The molecule has 0 aliphatic carbocycles. The van der Waals surface area contributed by atoms with Crippen molar-refractivity contribution in [2.45, 2.75) is 26.5 Å². The van der Waals surface area contributed by atoms with Crippen molar-refractivity contribution in [2.24, 2.45) is 0 Å². The minimum Gasteiger partial charge on any atom is -0.377 e. The summed E-state index contributed by atoms with van der Waals surface area (Å²) in [7, 11) is 0. The third-order valence-electron chi connectivity index (χ3n) is 2.20. The summed E-state index contributed by atoms with van der Waals surface area (Å²) in [6, 6.07) is 5.03. The number of ether oxygens (including phenoxy) is 1. The van der Waals surface area contributed by atoms with Crippen LogP contribution in [0.5, 0.6) is 0 Å². The predicted octanol–water partition coefficient (Wildman–Crippen LogP) is 3.10. The molecule has 0 saturated carbocycles. The molecular weight excluding hydrogens is 273 g/mol. The van der Waals surface area contributed by atoms with Gasteiger partial charge in [-0.1, -0.05) is 6.07 Å². The summed E-state index contributed by atoms with van der Waals surface area (Å²) in [6.45, 7) is 6.24. The van der Waals surface area contributed by atoms with Gasteiger partial charge in [-0.05, 0) is 47.5 Å². The second-order valence-electron chi connectivity index (χ2n) is 3.65. The van der Waals surface area contributed by atoms with E-state index in [0.29, 0.717) is 4.47 Å². The molecule has 1 N–H and O–H groups in total. The summed E-state index contributed by atoms with van der Waals surface area (Å²) < 4.78 is 18.9. The highest BCUT2D eigenvalue weighted by atomic mass is 79.9. The first kappa shape index (κ1) is 13.6. The van der Waals surface area contributed by atoms with E-state index < -0.39 is 0 Å². The molecule has 90 valence electrons. The molecule has 0 aliphatic heterocycles. The average Bonchev–Trinajstić information content (AvgIpc) is 2.24. The van der Waals surface area contributed by atoms with Crippen molar-refractivity contribution in [1.82, 2.24) is 5.32 Å². The van der Waals surface area contributed by atoms with Crippen LogP contribution in [0.1, 0.15) is 19.4 Å². The summed E-state index contributed by atoms with van der Waals surface area (Å²) in [4.78, 5) is 0. The lowest BCUT2D eigenvalue weighted by molar-refractivity contribution is 0.0759. The Morgan fingerprint density at radius 2 is 2.25 bits per heavy atom. The zero-order chi connectivity index (χ0) is 12.0. The smallest absolute Gasteiger partial charge is 0.137 e. The molecule has 0 aliphatic rings. The molecule has 0 radical (unpaired) electrons. The molecule has 1 rings (SSSR count). The second-order valence-corrected chi connectivity index (χ2v) is 4.50. The van der Waals surface area contributed by atoms with E-state index in [0.717, 1.165) is 25.3 Å². The van der Waals surface area contributed by atoms with Gasteiger partial charge < -0.3 is 10.1 Å². The van der Waals surface area contributed by atoms with Crippen LogP contribution in [0.2, 0.25) is 0 Å². The van der Waals surface area contributed by atoms with Gasteiger partial charge in [-0.3, -0.25) is 0 Å². The topological polar surface area (TPSA) is 21.3 Å². The molecule has 1 aromatic carbocycles. The molecule has 0 saturated heterocycles. The first-order valence-corrected chi connectivity index (χ1v) is 6.19. The van der Waals surface area contributed by atoms with E-state index in [4.69, 9.17) is 4.74 Å². The number of nitrogens with one attached hydrogen (secondary N) is 1. The van der Waals surface area contributed by atoms with Crippen molar-refractivity contribution in [3.63, 3.8) is 0 Å². The highest BCUT2D eigenvalue weighted by molar-refractivity contribution is 9.10. The Balaban J connectivity index is 2.34. The number of hydrogen-bond donors (Lipinski definition) is 1. The summed E-state index contributed by atoms with van der Waals surface area (Å²) in [6.07, 6.45) is 0.203. The van der Waals surface area contributed by atoms with Crippen molar-refractivity contribution >= 4 is 15.9 Å². The largest absolute Gasteiger partial charge is 0.377 e. The predicted molar refractivity (Wildman–Crippen MR) is 66.9 cm³/mol. The first-order chi connectivity index (χ1) is 7.63. The van der Waals surface area contributed by atoms with Crippen LogP contribution in [-0.2, 0) is 11.3 Å². The van der Waals surface area contributed by atoms with Crippen LogP contribution in [0, 0.1) is 5.82 Å². The molecule has 0 aromatic heterocycles. The van der Waals surface area contributed by atoms with E-state index in [1.165, 1.54) is 6.07 Å². The van der Waals surface area contributed by atoms with Gasteiger partial charge in [0.15, 0.2) is 0 Å². The molecule has 0 spiro atoms. The van der Waals surface area contributed by atoms with Crippen molar-refractivity contribution < 1.29 is 9.13 Å². The average molecular weight is 290 g/mol. The van der Waals surface area contributed by atoms with Crippen molar-refractivity contribution in [3.8, 4) is 0 Å². The van der Waals surface area contributed by atoms with E-state index in [9.17, 15) is 4.39 Å². The molecular formula is C12H17BrFNO. The lowest BCUT2D eigenvalue weighted by atomic mass is 10.2. The summed E-state index contributed by atoms with van der Waals surface area (Å²) in [5.74, 6) is -0.230. The fourth-order valence-electron chi connectivity index (χ4n) is 1.41. The van der Waals surface area contributed by atoms with Crippen molar-refractivity contribution in [1.29, 1.82) is 0 Å². The molecule has 0 fully saturated rings. The Hall–Kier alpha value is -0.450. The highest BCUT2D eigenvalue weighted by Gasteiger charge is 2.02. The minimum absolute atomic E-state index is 0.203. The van der Waals surface area contributed by atoms with Gasteiger partial charge in [0.05, 0.1) is 10.6 Å². The van der Waals surface area contributed by atoms with Crippen LogP contribution in [0.3, 0.4) is 0 Å². The Labute approximate surface area is 104 Å². The van der Waals surface area contributed by atoms with Gasteiger partial charge in [-0.15, -0.1) is 0 Å². The molecule has 1 atom stereocenters. The van der Waals surface area contributed by atoms with Crippen molar-refractivity contribution in [3.05, 3.63) is 34.1 Å². The van der Waals surface area contributed by atoms with Gasteiger partial charge in [0.2, 0.25) is 0 Å². The molecule has 16 heavy (non-hydrogen) atoms. The maximum atomic E-state index is 13.0. The summed E-state index contributed by atoms with van der Waals surface area (Å²) in [5, 5.41) is 3.26. The van der Waals surface area contributed by atoms with Crippen LogP contribution in [0.4, 0.5) is 4.39 Å². The fraction of sp³-hybridized carbons (Fsp3) is 0.500. The van der Waals surface area contributed by atoms with E-state index in [-0.39, 0.29) is 11.9 Å². The molecule has 0 bridgehead atoms. The Morgan fingerprint density at radius 3 is 2.88 bits per heavy atom. The quantitative estimate of drug-likeness (QED) is 0.869. The number of rotatable bonds is 6. The van der Waals surface area contributed by atoms with Gasteiger partial charge in [0, 0.05) is 19.7 Å². The standard InChI is InChI=1S/C12H17BrFNO/c1-3-16-9(2)7-15-8-10-4-5-12(14)11(13)6-10/h4-6,9,15H,3,7-8H2,1-2H3. The third-order valence-corrected chi connectivity index (χ3v) is 2.80. The van der Waals surface area contributed by atoms with E-state index in [1.54, 1.807) is 12.1 Å². The number of hydrogen-bond acceptors (Lipinski definition) is 2. The molecule has 1 aromatic rings. The minimum atomic E-state index is -0.230.